The van der Waals surface area contributed by atoms with E-state index in [9.17, 15) is 14.7 Å². The monoisotopic (exact) mass is 425 g/mol. The third-order valence-electron chi connectivity index (χ3n) is 4.65. The lowest BCUT2D eigenvalue weighted by Crippen LogP contribution is -2.27. The van der Waals surface area contributed by atoms with E-state index in [1.54, 1.807) is 12.1 Å². The highest BCUT2D eigenvalue weighted by Crippen LogP contribution is 2.38. The van der Waals surface area contributed by atoms with Crippen LogP contribution in [0.2, 0.25) is 5.02 Å². The SMILES string of the molecule is COc1cc(/C=C2/SC(=O)N(Cc3cccc4ccccc34)C2=O)cc(Cl)c1O. The number of ether oxygens (including phenoxy) is 1. The first kappa shape index (κ1) is 19.4. The molecule has 0 unspecified atom stereocenters. The summed E-state index contributed by atoms with van der Waals surface area (Å²) in [5.41, 5.74) is 1.46. The number of imide groups is 1. The maximum Gasteiger partial charge on any atom is 0.293 e. The molecule has 0 spiro atoms. The molecule has 0 bridgehead atoms. The van der Waals surface area contributed by atoms with E-state index in [0.717, 1.165) is 28.1 Å². The van der Waals surface area contributed by atoms with E-state index in [-0.39, 0.29) is 34.2 Å². The topological polar surface area (TPSA) is 66.8 Å². The van der Waals surface area contributed by atoms with Crippen LogP contribution >= 0.6 is 23.4 Å². The van der Waals surface area contributed by atoms with Gasteiger partial charge in [-0.15, -0.1) is 0 Å². The van der Waals surface area contributed by atoms with E-state index >= 15 is 0 Å². The average molecular weight is 426 g/mol. The van der Waals surface area contributed by atoms with Gasteiger partial charge in [0.15, 0.2) is 11.5 Å². The van der Waals surface area contributed by atoms with Gasteiger partial charge in [0.2, 0.25) is 0 Å². The van der Waals surface area contributed by atoms with Crippen molar-refractivity contribution in [3.05, 3.63) is 75.7 Å². The van der Waals surface area contributed by atoms with E-state index in [2.05, 4.69) is 0 Å². The second kappa shape index (κ2) is 7.81. The Labute approximate surface area is 176 Å². The molecule has 1 aliphatic rings. The molecule has 5 nitrogen and oxygen atoms in total. The molecule has 1 aliphatic heterocycles. The number of methoxy groups -OCH3 is 1. The summed E-state index contributed by atoms with van der Waals surface area (Å²) in [5.74, 6) is -0.342. The summed E-state index contributed by atoms with van der Waals surface area (Å²) in [5, 5.41) is 11.7. The molecule has 146 valence electrons. The number of rotatable bonds is 4. The number of carbonyl (C=O) groups is 2. The Bertz CT molecular complexity index is 1170. The zero-order chi connectivity index (χ0) is 20.5. The summed E-state index contributed by atoms with van der Waals surface area (Å²) < 4.78 is 5.09. The lowest BCUT2D eigenvalue weighted by atomic mass is 10.0. The van der Waals surface area contributed by atoms with Gasteiger partial charge in [0.25, 0.3) is 11.1 Å². The molecule has 1 heterocycles. The molecule has 0 atom stereocenters. The van der Waals surface area contributed by atoms with Crippen LogP contribution in [0.3, 0.4) is 0 Å². The van der Waals surface area contributed by atoms with Gasteiger partial charge in [-0.2, -0.15) is 0 Å². The van der Waals surface area contributed by atoms with Gasteiger partial charge < -0.3 is 9.84 Å². The number of benzene rings is 3. The maximum atomic E-state index is 12.9. The van der Waals surface area contributed by atoms with Crippen LogP contribution in [-0.2, 0) is 11.3 Å². The number of halogens is 1. The van der Waals surface area contributed by atoms with Gasteiger partial charge in [-0.25, -0.2) is 0 Å². The van der Waals surface area contributed by atoms with Gasteiger partial charge in [0, 0.05) is 0 Å². The summed E-state index contributed by atoms with van der Waals surface area (Å²) in [7, 11) is 1.41. The highest BCUT2D eigenvalue weighted by Gasteiger charge is 2.35. The van der Waals surface area contributed by atoms with Gasteiger partial charge in [-0.1, -0.05) is 54.1 Å². The highest BCUT2D eigenvalue weighted by molar-refractivity contribution is 8.18. The second-order valence-corrected chi connectivity index (χ2v) is 7.86. The Morgan fingerprint density at radius 2 is 1.90 bits per heavy atom. The van der Waals surface area contributed by atoms with Crippen LogP contribution in [0.25, 0.3) is 16.8 Å². The van der Waals surface area contributed by atoms with Crippen LogP contribution in [0.5, 0.6) is 11.5 Å². The molecular formula is C22H16ClNO4S. The van der Waals surface area contributed by atoms with Crippen molar-refractivity contribution in [1.29, 1.82) is 0 Å². The summed E-state index contributed by atoms with van der Waals surface area (Å²) in [6.45, 7) is 0.197. The number of amides is 2. The Balaban J connectivity index is 1.64. The fourth-order valence-electron chi connectivity index (χ4n) is 3.22. The molecule has 29 heavy (non-hydrogen) atoms. The van der Waals surface area contributed by atoms with Gasteiger partial charge in [0.05, 0.1) is 23.6 Å². The summed E-state index contributed by atoms with van der Waals surface area (Å²) >= 11 is 6.89. The predicted molar refractivity (Wildman–Crippen MR) is 115 cm³/mol. The zero-order valence-corrected chi connectivity index (χ0v) is 17.0. The lowest BCUT2D eigenvalue weighted by Gasteiger charge is -2.14. The molecule has 0 aromatic heterocycles. The number of thioether (sulfide) groups is 1. The highest BCUT2D eigenvalue weighted by atomic mass is 35.5. The predicted octanol–water partition coefficient (Wildman–Crippen LogP) is 5.44. The van der Waals surface area contributed by atoms with Crippen LogP contribution in [0, 0.1) is 0 Å². The van der Waals surface area contributed by atoms with Gasteiger partial charge >= 0.3 is 0 Å². The number of phenols is 1. The first-order valence-electron chi connectivity index (χ1n) is 8.76. The third-order valence-corrected chi connectivity index (χ3v) is 5.85. The third kappa shape index (κ3) is 3.69. The van der Waals surface area contributed by atoms with Crippen molar-refractivity contribution in [2.45, 2.75) is 6.54 Å². The van der Waals surface area contributed by atoms with Gasteiger partial charge in [-0.3, -0.25) is 14.5 Å². The minimum Gasteiger partial charge on any atom is -0.503 e. The van der Waals surface area contributed by atoms with Crippen molar-refractivity contribution in [3.8, 4) is 11.5 Å². The molecule has 2 amide bonds. The average Bonchev–Trinajstić information content (AvgIpc) is 2.98. The first-order chi connectivity index (χ1) is 14.0. The van der Waals surface area contributed by atoms with Crippen LogP contribution in [0.15, 0.2) is 59.5 Å². The summed E-state index contributed by atoms with van der Waals surface area (Å²) in [4.78, 5) is 26.9. The number of aromatic hydroxyl groups is 1. The van der Waals surface area contributed by atoms with Gasteiger partial charge in [0.1, 0.15) is 0 Å². The quantitative estimate of drug-likeness (QED) is 0.563. The lowest BCUT2D eigenvalue weighted by molar-refractivity contribution is -0.123. The fourth-order valence-corrected chi connectivity index (χ4v) is 4.28. The Morgan fingerprint density at radius 3 is 2.69 bits per heavy atom. The summed E-state index contributed by atoms with van der Waals surface area (Å²) in [6.07, 6.45) is 1.57. The molecule has 4 rings (SSSR count). The molecule has 3 aromatic carbocycles. The Morgan fingerprint density at radius 1 is 1.14 bits per heavy atom. The smallest absolute Gasteiger partial charge is 0.293 e. The van der Waals surface area contributed by atoms with Crippen molar-refractivity contribution in [1.82, 2.24) is 4.90 Å². The van der Waals surface area contributed by atoms with Crippen molar-refractivity contribution < 1.29 is 19.4 Å². The standard InChI is InChI=1S/C22H16ClNO4S/c1-28-18-10-13(9-17(23)20(18)25)11-19-21(26)24(22(27)29-19)12-15-7-4-6-14-5-2-3-8-16(14)15/h2-11,25H,12H2,1H3/b19-11+. The number of phenolic OH excluding ortho intramolecular Hbond substituents is 1. The van der Waals surface area contributed by atoms with E-state index in [1.165, 1.54) is 18.1 Å². The van der Waals surface area contributed by atoms with Gasteiger partial charge in [-0.05, 0) is 51.9 Å². The van der Waals surface area contributed by atoms with Crippen LogP contribution < -0.4 is 4.74 Å². The van der Waals surface area contributed by atoms with E-state index < -0.39 is 0 Å². The first-order valence-corrected chi connectivity index (χ1v) is 9.96. The molecule has 0 aliphatic carbocycles. The van der Waals surface area contributed by atoms with Crippen molar-refractivity contribution >= 4 is 51.4 Å². The maximum absolute atomic E-state index is 12.9. The number of fused-ring (bicyclic) bond motifs is 1. The van der Waals surface area contributed by atoms with E-state index in [0.29, 0.717) is 10.5 Å². The minimum absolute atomic E-state index is 0.102. The van der Waals surface area contributed by atoms with Crippen molar-refractivity contribution in [2.24, 2.45) is 0 Å². The normalized spacial score (nSPS) is 15.5. The molecular weight excluding hydrogens is 410 g/mol. The molecule has 1 fully saturated rings. The van der Waals surface area contributed by atoms with E-state index in [4.69, 9.17) is 16.3 Å². The molecule has 1 saturated heterocycles. The zero-order valence-electron chi connectivity index (χ0n) is 15.4. The van der Waals surface area contributed by atoms with Crippen molar-refractivity contribution in [3.63, 3.8) is 0 Å². The number of nitrogens with zero attached hydrogens (tertiary/aromatic N) is 1. The largest absolute Gasteiger partial charge is 0.503 e. The van der Waals surface area contributed by atoms with Crippen LogP contribution in [0.4, 0.5) is 4.79 Å². The molecule has 7 heteroatoms. The Kier molecular flexibility index (Phi) is 5.22. The summed E-state index contributed by atoms with van der Waals surface area (Å²) in [6, 6.07) is 16.7. The molecule has 0 radical (unpaired) electrons. The van der Waals surface area contributed by atoms with Crippen LogP contribution in [-0.4, -0.2) is 28.3 Å². The number of hydrogen-bond acceptors (Lipinski definition) is 5. The number of hydrogen-bond donors (Lipinski definition) is 1. The molecule has 1 N–H and O–H groups in total. The van der Waals surface area contributed by atoms with Crippen LogP contribution in [0.1, 0.15) is 11.1 Å². The minimum atomic E-state index is -0.365. The Hall–Kier alpha value is -2.96. The fraction of sp³-hybridized carbons (Fsp3) is 0.0909. The van der Waals surface area contributed by atoms with E-state index in [1.807, 2.05) is 42.5 Å². The second-order valence-electron chi connectivity index (χ2n) is 6.46. The number of carbonyl (C=O) groups excluding carboxylic acids is 2. The van der Waals surface area contributed by atoms with Crippen molar-refractivity contribution in [2.75, 3.05) is 7.11 Å². The molecule has 0 saturated carbocycles. The molecule has 3 aromatic rings.